The molecule has 0 atom stereocenters. The van der Waals surface area contributed by atoms with E-state index in [0.717, 1.165) is 12.0 Å². The Morgan fingerprint density at radius 2 is 2.17 bits per heavy atom. The molecule has 1 saturated carbocycles. The molecule has 1 amide bonds. The van der Waals surface area contributed by atoms with Crippen LogP contribution in [-0.4, -0.2) is 17.4 Å². The van der Waals surface area contributed by atoms with Crippen LogP contribution in [0.5, 0.6) is 0 Å². The molecule has 0 aromatic heterocycles. The molecule has 0 saturated heterocycles. The maximum atomic E-state index is 13.3. The molecular formula is C13H13FN2OS. The van der Waals surface area contributed by atoms with Crippen molar-refractivity contribution >= 4 is 28.8 Å². The average Bonchev–Trinajstić information content (AvgIpc) is 3.04. The fourth-order valence-electron chi connectivity index (χ4n) is 2.51. The summed E-state index contributed by atoms with van der Waals surface area (Å²) in [5.41, 5.74) is 6.67. The van der Waals surface area contributed by atoms with E-state index in [2.05, 4.69) is 0 Å². The van der Waals surface area contributed by atoms with Crippen molar-refractivity contribution < 1.29 is 9.18 Å². The van der Waals surface area contributed by atoms with Gasteiger partial charge in [0.25, 0.3) is 0 Å². The van der Waals surface area contributed by atoms with E-state index in [4.69, 9.17) is 18.0 Å². The number of anilines is 1. The molecule has 5 heteroatoms. The van der Waals surface area contributed by atoms with Crippen LogP contribution in [0.3, 0.4) is 0 Å². The number of nitrogens with two attached hydrogens (primary N) is 1. The number of thiocarbonyl (C=S) groups is 1. The number of carbonyl (C=O) groups is 1. The Labute approximate surface area is 110 Å². The van der Waals surface area contributed by atoms with Crippen LogP contribution in [0.2, 0.25) is 0 Å². The van der Waals surface area contributed by atoms with E-state index in [1.165, 1.54) is 12.1 Å². The summed E-state index contributed by atoms with van der Waals surface area (Å²) in [7, 11) is 0. The minimum Gasteiger partial charge on any atom is -0.392 e. The Kier molecular flexibility index (Phi) is 2.41. The van der Waals surface area contributed by atoms with Crippen LogP contribution in [0.25, 0.3) is 0 Å². The summed E-state index contributed by atoms with van der Waals surface area (Å²) in [6, 6.07) is 4.57. The molecule has 1 aromatic carbocycles. The molecule has 0 spiro atoms. The molecule has 0 radical (unpaired) electrons. The van der Waals surface area contributed by atoms with E-state index in [-0.39, 0.29) is 16.7 Å². The molecule has 94 valence electrons. The van der Waals surface area contributed by atoms with Gasteiger partial charge in [-0.3, -0.25) is 4.79 Å². The second-order valence-corrected chi connectivity index (χ2v) is 5.37. The van der Waals surface area contributed by atoms with Gasteiger partial charge in [-0.2, -0.15) is 0 Å². The lowest BCUT2D eigenvalue weighted by atomic mass is 10.1. The summed E-state index contributed by atoms with van der Waals surface area (Å²) in [5, 5.41) is 0. The van der Waals surface area contributed by atoms with Gasteiger partial charge in [-0.05, 0) is 37.0 Å². The van der Waals surface area contributed by atoms with Crippen LogP contribution in [0, 0.1) is 11.2 Å². The summed E-state index contributed by atoms with van der Waals surface area (Å²) < 4.78 is 13.3. The van der Waals surface area contributed by atoms with Crippen molar-refractivity contribution in [1.29, 1.82) is 0 Å². The van der Waals surface area contributed by atoms with Crippen LogP contribution in [-0.2, 0) is 11.2 Å². The summed E-state index contributed by atoms with van der Waals surface area (Å²) in [6.45, 7) is 0.585. The smallest absolute Gasteiger partial charge is 0.240 e. The quantitative estimate of drug-likeness (QED) is 0.828. The predicted molar refractivity (Wildman–Crippen MR) is 70.9 cm³/mol. The molecule has 0 bridgehead atoms. The van der Waals surface area contributed by atoms with Crippen LogP contribution < -0.4 is 10.6 Å². The number of fused-ring (bicyclic) bond motifs is 1. The second kappa shape index (κ2) is 3.75. The molecule has 2 aliphatic rings. The Bertz CT molecular complexity index is 554. The normalized spacial score (nSPS) is 19.5. The number of amides is 1. The number of nitrogens with zero attached hydrogens (tertiary/aromatic N) is 1. The van der Waals surface area contributed by atoms with Gasteiger partial charge in [-0.1, -0.05) is 18.3 Å². The Balaban J connectivity index is 1.95. The first kappa shape index (κ1) is 11.6. The van der Waals surface area contributed by atoms with Crippen LogP contribution in [0.15, 0.2) is 18.2 Å². The highest BCUT2D eigenvalue weighted by molar-refractivity contribution is 7.80. The fraction of sp³-hybridized carbons (Fsp3) is 0.385. The largest absolute Gasteiger partial charge is 0.392 e. The zero-order chi connectivity index (χ0) is 12.9. The number of hydrogen-bond acceptors (Lipinski definition) is 2. The molecule has 3 nitrogen and oxygen atoms in total. The zero-order valence-electron chi connectivity index (χ0n) is 9.78. The van der Waals surface area contributed by atoms with Crippen molar-refractivity contribution in [3.05, 3.63) is 29.6 Å². The minimum absolute atomic E-state index is 0.0700. The Hall–Kier alpha value is -1.49. The molecule has 0 unspecified atom stereocenters. The highest BCUT2D eigenvalue weighted by Crippen LogP contribution is 2.49. The highest BCUT2D eigenvalue weighted by Gasteiger charge is 2.55. The summed E-state index contributed by atoms with van der Waals surface area (Å²) >= 11 is 4.99. The molecule has 1 aromatic rings. The van der Waals surface area contributed by atoms with Crippen molar-refractivity contribution in [3.8, 4) is 0 Å². The van der Waals surface area contributed by atoms with E-state index >= 15 is 0 Å². The SMILES string of the molecule is NC(=S)C1(C(=O)N2CCc3ccc(F)cc32)CC1. The highest BCUT2D eigenvalue weighted by atomic mass is 32.1. The molecule has 1 aliphatic heterocycles. The summed E-state index contributed by atoms with van der Waals surface area (Å²) in [5.74, 6) is -0.395. The molecule has 18 heavy (non-hydrogen) atoms. The predicted octanol–water partition coefficient (Wildman–Crippen LogP) is 1.78. The number of halogens is 1. The van der Waals surface area contributed by atoms with Crippen molar-refractivity contribution in [2.45, 2.75) is 19.3 Å². The van der Waals surface area contributed by atoms with Crippen molar-refractivity contribution in [3.63, 3.8) is 0 Å². The van der Waals surface area contributed by atoms with E-state index in [1.807, 2.05) is 0 Å². The zero-order valence-corrected chi connectivity index (χ0v) is 10.6. The second-order valence-electron chi connectivity index (χ2n) is 4.93. The third-order valence-electron chi connectivity index (χ3n) is 3.82. The number of carbonyl (C=O) groups excluding carboxylic acids is 1. The monoisotopic (exact) mass is 264 g/mol. The third-order valence-corrected chi connectivity index (χ3v) is 4.21. The molecule has 1 heterocycles. The standard InChI is InChI=1S/C13H13FN2OS/c14-9-2-1-8-3-6-16(10(8)7-9)12(17)13(4-5-13)11(15)18/h1-2,7H,3-6H2,(H2,15,18). The van der Waals surface area contributed by atoms with Gasteiger partial charge in [0.15, 0.2) is 0 Å². The first-order valence-electron chi connectivity index (χ1n) is 5.95. The van der Waals surface area contributed by atoms with Gasteiger partial charge in [0.05, 0.1) is 10.4 Å². The third kappa shape index (κ3) is 1.54. The number of benzene rings is 1. The van der Waals surface area contributed by atoms with Crippen molar-refractivity contribution in [2.24, 2.45) is 11.1 Å². The molecule has 2 N–H and O–H groups in total. The van der Waals surface area contributed by atoms with Gasteiger partial charge in [-0.25, -0.2) is 4.39 Å². The van der Waals surface area contributed by atoms with Crippen molar-refractivity contribution in [1.82, 2.24) is 0 Å². The maximum Gasteiger partial charge on any atom is 0.240 e. The summed E-state index contributed by atoms with van der Waals surface area (Å²) in [6.07, 6.45) is 2.18. The number of rotatable bonds is 2. The Morgan fingerprint density at radius 1 is 1.44 bits per heavy atom. The van der Waals surface area contributed by atoms with E-state index < -0.39 is 5.41 Å². The minimum atomic E-state index is -0.663. The maximum absolute atomic E-state index is 13.3. The van der Waals surface area contributed by atoms with Gasteiger partial charge in [-0.15, -0.1) is 0 Å². The fourth-order valence-corrected chi connectivity index (χ4v) is 2.80. The first-order chi connectivity index (χ1) is 8.54. The van der Waals surface area contributed by atoms with Crippen LogP contribution in [0.4, 0.5) is 10.1 Å². The Morgan fingerprint density at radius 3 is 2.78 bits per heavy atom. The lowest BCUT2D eigenvalue weighted by Gasteiger charge is -2.23. The van der Waals surface area contributed by atoms with Gasteiger partial charge >= 0.3 is 0 Å². The van der Waals surface area contributed by atoms with Gasteiger partial charge in [0, 0.05) is 12.2 Å². The molecule has 3 rings (SSSR count). The van der Waals surface area contributed by atoms with Gasteiger partial charge in [0.1, 0.15) is 5.82 Å². The van der Waals surface area contributed by atoms with E-state index in [9.17, 15) is 9.18 Å². The van der Waals surface area contributed by atoms with Crippen LogP contribution >= 0.6 is 12.2 Å². The molecule has 1 aliphatic carbocycles. The van der Waals surface area contributed by atoms with Gasteiger partial charge < -0.3 is 10.6 Å². The average molecular weight is 264 g/mol. The van der Waals surface area contributed by atoms with E-state index in [1.54, 1.807) is 11.0 Å². The first-order valence-corrected chi connectivity index (χ1v) is 6.36. The number of hydrogen-bond donors (Lipinski definition) is 1. The lowest BCUT2D eigenvalue weighted by Crippen LogP contribution is -2.42. The lowest BCUT2D eigenvalue weighted by molar-refractivity contribution is -0.121. The van der Waals surface area contributed by atoms with E-state index in [0.29, 0.717) is 25.1 Å². The summed E-state index contributed by atoms with van der Waals surface area (Å²) in [4.78, 5) is 14.4. The molecule has 1 fully saturated rings. The topological polar surface area (TPSA) is 46.3 Å². The molecular weight excluding hydrogens is 251 g/mol. The van der Waals surface area contributed by atoms with Crippen molar-refractivity contribution in [2.75, 3.05) is 11.4 Å². The van der Waals surface area contributed by atoms with Crippen LogP contribution in [0.1, 0.15) is 18.4 Å². The van der Waals surface area contributed by atoms with Gasteiger partial charge in [0.2, 0.25) is 5.91 Å².